The van der Waals surface area contributed by atoms with Crippen molar-refractivity contribution in [2.45, 2.75) is 0 Å². The van der Waals surface area contributed by atoms with Gasteiger partial charge in [0.1, 0.15) is 11.2 Å². The molecule has 0 radical (unpaired) electrons. The molecule has 11 rings (SSSR count). The lowest BCUT2D eigenvalue weighted by molar-refractivity contribution is 0.669. The molecule has 10 aromatic rings. The summed E-state index contributed by atoms with van der Waals surface area (Å²) >= 11 is 0. The van der Waals surface area contributed by atoms with Crippen molar-refractivity contribution >= 4 is 55.9 Å². The van der Waals surface area contributed by atoms with Crippen LogP contribution in [0.25, 0.3) is 72.0 Å². The van der Waals surface area contributed by atoms with Crippen LogP contribution in [0.5, 0.6) is 0 Å². The molecular formula is C61H44N2O. The van der Waals surface area contributed by atoms with Crippen LogP contribution in [0, 0.1) is 0 Å². The lowest BCUT2D eigenvalue weighted by Crippen LogP contribution is -2.18. The van der Waals surface area contributed by atoms with Crippen molar-refractivity contribution < 1.29 is 4.42 Å². The van der Waals surface area contributed by atoms with Crippen molar-refractivity contribution in [2.24, 2.45) is 0 Å². The summed E-state index contributed by atoms with van der Waals surface area (Å²) in [5.74, 6) is 0. The molecule has 0 atom stereocenters. The molecule has 0 bridgehead atoms. The van der Waals surface area contributed by atoms with E-state index in [-0.39, 0.29) is 0 Å². The van der Waals surface area contributed by atoms with Gasteiger partial charge >= 0.3 is 0 Å². The van der Waals surface area contributed by atoms with Gasteiger partial charge in [-0.15, -0.1) is 0 Å². The van der Waals surface area contributed by atoms with E-state index < -0.39 is 0 Å². The number of rotatable bonds is 8. The van der Waals surface area contributed by atoms with Gasteiger partial charge in [0.25, 0.3) is 0 Å². The molecule has 0 aliphatic carbocycles. The number of nitrogens with zero attached hydrogens (tertiary/aromatic N) is 2. The molecule has 0 saturated heterocycles. The number of anilines is 5. The molecule has 0 spiro atoms. The van der Waals surface area contributed by atoms with Gasteiger partial charge in [-0.25, -0.2) is 0 Å². The highest BCUT2D eigenvalue weighted by Crippen LogP contribution is 2.41. The van der Waals surface area contributed by atoms with E-state index in [0.717, 1.165) is 90.3 Å². The monoisotopic (exact) mass is 820 g/mol. The van der Waals surface area contributed by atoms with Gasteiger partial charge in [-0.3, -0.25) is 0 Å². The first-order chi connectivity index (χ1) is 31.6. The number of fused-ring (bicyclic) bond motifs is 4. The summed E-state index contributed by atoms with van der Waals surface area (Å²) in [4.78, 5) is 4.70. The SMILES string of the molecule is C=C1/C=C\C=C/CN(c2ccc3oc4ccc(-c5cccc(-c6cccc(N(c7ccc(-c8ccccc8)cc7)c7ccc(-c8ccccc8)cc7)c6)c5)cc4c3c2)c2ccccc21. The molecule has 1 aliphatic rings. The first-order valence-electron chi connectivity index (χ1n) is 21.8. The maximum Gasteiger partial charge on any atom is 0.135 e. The van der Waals surface area contributed by atoms with E-state index in [4.69, 9.17) is 4.42 Å². The molecule has 9 aromatic carbocycles. The molecule has 0 unspecified atom stereocenters. The first kappa shape index (κ1) is 38.5. The molecule has 0 N–H and O–H groups in total. The fourth-order valence-corrected chi connectivity index (χ4v) is 8.96. The highest BCUT2D eigenvalue weighted by atomic mass is 16.3. The Labute approximate surface area is 374 Å². The maximum absolute atomic E-state index is 6.44. The molecule has 3 heteroatoms. The van der Waals surface area contributed by atoms with Gasteiger partial charge in [-0.2, -0.15) is 0 Å². The van der Waals surface area contributed by atoms with Crippen LogP contribution in [0.3, 0.4) is 0 Å². The minimum atomic E-state index is 0.730. The third kappa shape index (κ3) is 7.50. The van der Waals surface area contributed by atoms with Crippen molar-refractivity contribution in [2.75, 3.05) is 16.3 Å². The second-order valence-electron chi connectivity index (χ2n) is 16.2. The van der Waals surface area contributed by atoms with Gasteiger partial charge in [0, 0.05) is 51.3 Å². The fraction of sp³-hybridized carbons (Fsp3) is 0.0164. The van der Waals surface area contributed by atoms with E-state index >= 15 is 0 Å². The number of furan rings is 1. The Balaban J connectivity index is 0.945. The Morgan fingerprint density at radius 1 is 0.406 bits per heavy atom. The van der Waals surface area contributed by atoms with Crippen LogP contribution in [0.15, 0.2) is 254 Å². The van der Waals surface area contributed by atoms with Crippen molar-refractivity contribution in [3.63, 3.8) is 0 Å². The zero-order valence-corrected chi connectivity index (χ0v) is 35.3. The van der Waals surface area contributed by atoms with Crippen LogP contribution >= 0.6 is 0 Å². The topological polar surface area (TPSA) is 19.6 Å². The van der Waals surface area contributed by atoms with Gasteiger partial charge in [-0.05, 0) is 129 Å². The molecule has 3 nitrogen and oxygen atoms in total. The van der Waals surface area contributed by atoms with Gasteiger partial charge < -0.3 is 14.2 Å². The van der Waals surface area contributed by atoms with Crippen molar-refractivity contribution in [1.82, 2.24) is 0 Å². The number of para-hydroxylation sites is 1. The molecule has 1 aliphatic heterocycles. The maximum atomic E-state index is 6.44. The molecular weight excluding hydrogens is 777 g/mol. The standard InChI is InChI=1S/C61H44N2O/c1-43-15-5-4-12-38-62(59-25-11-10-24-56(43)59)54-35-37-61-58(42-54)57-41-51(30-36-60(57)64-61)49-21-13-20-48(39-49)50-22-14-23-55(40-50)63(52-31-26-46(27-32-52)44-16-6-2-7-17-44)53-33-28-47(29-34-53)45-18-8-3-9-19-45/h2-37,39-42H,1,38H2/b12-4-,15-5-. The van der Waals surface area contributed by atoms with Crippen LogP contribution in [0.2, 0.25) is 0 Å². The summed E-state index contributed by atoms with van der Waals surface area (Å²) in [6, 6.07) is 78.2. The third-order valence-corrected chi connectivity index (χ3v) is 12.2. The molecule has 304 valence electrons. The van der Waals surface area contributed by atoms with Crippen LogP contribution < -0.4 is 9.80 Å². The highest BCUT2D eigenvalue weighted by molar-refractivity contribution is 6.08. The third-order valence-electron chi connectivity index (χ3n) is 12.2. The zero-order chi connectivity index (χ0) is 42.8. The average molecular weight is 821 g/mol. The normalized spacial score (nSPS) is 13.5. The lowest BCUT2D eigenvalue weighted by atomic mass is 9.97. The van der Waals surface area contributed by atoms with E-state index in [1.165, 1.54) is 22.3 Å². The number of hydrogen-bond donors (Lipinski definition) is 0. The predicted molar refractivity (Wildman–Crippen MR) is 271 cm³/mol. The summed E-state index contributed by atoms with van der Waals surface area (Å²) < 4.78 is 6.44. The summed E-state index contributed by atoms with van der Waals surface area (Å²) in [5.41, 5.74) is 18.7. The minimum absolute atomic E-state index is 0.730. The number of hydrogen-bond acceptors (Lipinski definition) is 3. The molecule has 64 heavy (non-hydrogen) atoms. The highest BCUT2D eigenvalue weighted by Gasteiger charge is 2.18. The van der Waals surface area contributed by atoms with Gasteiger partial charge in [0.2, 0.25) is 0 Å². The zero-order valence-electron chi connectivity index (χ0n) is 35.3. The van der Waals surface area contributed by atoms with Crippen LogP contribution in [0.4, 0.5) is 28.4 Å². The van der Waals surface area contributed by atoms with E-state index in [2.05, 4.69) is 259 Å². The Morgan fingerprint density at radius 3 is 1.59 bits per heavy atom. The van der Waals surface area contributed by atoms with Gasteiger partial charge in [-0.1, -0.05) is 170 Å². The van der Waals surface area contributed by atoms with Crippen LogP contribution in [-0.4, -0.2) is 6.54 Å². The van der Waals surface area contributed by atoms with E-state index in [1.807, 2.05) is 0 Å². The number of benzene rings is 9. The average Bonchev–Trinajstić information content (AvgIpc) is 3.76. The quantitative estimate of drug-likeness (QED) is 0.152. The molecule has 0 fully saturated rings. The predicted octanol–water partition coefficient (Wildman–Crippen LogP) is 17.0. The van der Waals surface area contributed by atoms with E-state index in [1.54, 1.807) is 0 Å². The van der Waals surface area contributed by atoms with E-state index in [9.17, 15) is 0 Å². The molecule has 2 heterocycles. The minimum Gasteiger partial charge on any atom is -0.456 e. The second-order valence-corrected chi connectivity index (χ2v) is 16.2. The number of allylic oxidation sites excluding steroid dienone is 4. The fourth-order valence-electron chi connectivity index (χ4n) is 8.96. The Morgan fingerprint density at radius 2 is 0.922 bits per heavy atom. The second kappa shape index (κ2) is 16.8. The van der Waals surface area contributed by atoms with Crippen molar-refractivity contribution in [3.8, 4) is 44.5 Å². The smallest absolute Gasteiger partial charge is 0.135 e. The Hall–Kier alpha value is -8.40. The summed E-state index contributed by atoms with van der Waals surface area (Å²) in [6.45, 7) is 5.10. The summed E-state index contributed by atoms with van der Waals surface area (Å²) in [5, 5.41) is 2.18. The van der Waals surface area contributed by atoms with Gasteiger partial charge in [0.05, 0.1) is 0 Å². The summed E-state index contributed by atoms with van der Waals surface area (Å²) in [6.07, 6.45) is 8.42. The Kier molecular flexibility index (Phi) is 10.1. The summed E-state index contributed by atoms with van der Waals surface area (Å²) in [7, 11) is 0. The van der Waals surface area contributed by atoms with Gasteiger partial charge in [0.15, 0.2) is 0 Å². The Bertz CT molecular complexity index is 3280. The van der Waals surface area contributed by atoms with E-state index in [0.29, 0.717) is 0 Å². The molecule has 0 amide bonds. The van der Waals surface area contributed by atoms with Crippen LogP contribution in [-0.2, 0) is 0 Å². The first-order valence-corrected chi connectivity index (χ1v) is 21.8. The van der Waals surface area contributed by atoms with Crippen molar-refractivity contribution in [3.05, 3.63) is 255 Å². The van der Waals surface area contributed by atoms with Crippen LogP contribution in [0.1, 0.15) is 5.56 Å². The molecule has 1 aromatic heterocycles. The largest absolute Gasteiger partial charge is 0.456 e. The lowest BCUT2D eigenvalue weighted by Gasteiger charge is -2.26. The molecule has 0 saturated carbocycles. The van der Waals surface area contributed by atoms with Crippen molar-refractivity contribution in [1.29, 1.82) is 0 Å².